The largest absolute Gasteiger partial charge is 0.464 e. The van der Waals surface area contributed by atoms with Crippen molar-refractivity contribution >= 4 is 27.5 Å². The Morgan fingerprint density at radius 3 is 2.03 bits per heavy atom. The van der Waals surface area contributed by atoms with E-state index in [1.165, 1.54) is 21.3 Å². The summed E-state index contributed by atoms with van der Waals surface area (Å²) in [6.07, 6.45) is 0.349. The smallest absolute Gasteiger partial charge is 0.416 e. The van der Waals surface area contributed by atoms with Gasteiger partial charge in [-0.15, -0.1) is 0 Å². The van der Waals surface area contributed by atoms with Gasteiger partial charge in [-0.25, -0.2) is 18.1 Å². The molecule has 1 N–H and O–H groups in total. The molecule has 30 heavy (non-hydrogen) atoms. The third kappa shape index (κ3) is 5.21. The number of benzene rings is 2. The van der Waals surface area contributed by atoms with Gasteiger partial charge in [-0.1, -0.05) is 39.8 Å². The summed E-state index contributed by atoms with van der Waals surface area (Å²) < 4.78 is 27.4. The molecule has 164 valence electrons. The van der Waals surface area contributed by atoms with Crippen molar-refractivity contribution in [3.63, 3.8) is 0 Å². The van der Waals surface area contributed by atoms with Gasteiger partial charge in [0.25, 0.3) is 0 Å². The monoisotopic (exact) mass is 432 g/mol. The molecule has 2 aromatic carbocycles. The Labute approximate surface area is 180 Å². The van der Waals surface area contributed by atoms with Crippen LogP contribution >= 0.6 is 0 Å². The van der Waals surface area contributed by atoms with Crippen molar-refractivity contribution in [1.29, 1.82) is 0 Å². The van der Waals surface area contributed by atoms with Crippen LogP contribution in [-0.4, -0.2) is 37.0 Å². The van der Waals surface area contributed by atoms with Crippen LogP contribution < -0.4 is 4.90 Å². The fourth-order valence-corrected chi connectivity index (χ4v) is 5.08. The predicted molar refractivity (Wildman–Crippen MR) is 121 cm³/mol. The Morgan fingerprint density at radius 2 is 1.57 bits per heavy atom. The highest BCUT2D eigenvalue weighted by Gasteiger charge is 2.25. The molecule has 0 atom stereocenters. The first kappa shape index (κ1) is 23.9. The van der Waals surface area contributed by atoms with E-state index in [-0.39, 0.29) is 10.8 Å². The standard InChI is InChI=1S/C23H32N2O4S/c1-6-14-24(15-7-2)30(28,29)20-11-9-19(10-12-20)25(23(26)27)22-16-18(5)8-13-21(22)17(3)4/h8-13,16-17H,6-7,14-15H2,1-5H3,(H,26,27). The van der Waals surface area contributed by atoms with Crippen LogP contribution in [0.2, 0.25) is 0 Å². The number of amides is 1. The molecule has 7 heteroatoms. The molecule has 0 aliphatic rings. The first-order valence-corrected chi connectivity index (χ1v) is 11.8. The van der Waals surface area contributed by atoms with Gasteiger partial charge in [0.2, 0.25) is 10.0 Å². The Kier molecular flexibility index (Phi) is 8.03. The van der Waals surface area contributed by atoms with Gasteiger partial charge in [0.1, 0.15) is 0 Å². The first-order chi connectivity index (χ1) is 14.1. The second kappa shape index (κ2) is 10.1. The van der Waals surface area contributed by atoms with Crippen molar-refractivity contribution in [2.75, 3.05) is 18.0 Å². The Bertz CT molecular complexity index is 963. The number of hydrogen-bond donors (Lipinski definition) is 1. The van der Waals surface area contributed by atoms with Crippen LogP contribution in [0.3, 0.4) is 0 Å². The second-order valence-corrected chi connectivity index (χ2v) is 9.67. The minimum absolute atomic E-state index is 0.138. The van der Waals surface area contributed by atoms with Crippen molar-refractivity contribution < 1.29 is 18.3 Å². The molecule has 0 spiro atoms. The highest BCUT2D eigenvalue weighted by molar-refractivity contribution is 7.89. The van der Waals surface area contributed by atoms with E-state index < -0.39 is 16.1 Å². The van der Waals surface area contributed by atoms with E-state index in [1.54, 1.807) is 12.1 Å². The minimum atomic E-state index is -3.61. The van der Waals surface area contributed by atoms with Crippen LogP contribution in [0.5, 0.6) is 0 Å². The number of rotatable bonds is 9. The maximum Gasteiger partial charge on any atom is 0.416 e. The van der Waals surface area contributed by atoms with Gasteiger partial charge in [-0.2, -0.15) is 4.31 Å². The Morgan fingerprint density at radius 1 is 1.00 bits per heavy atom. The van der Waals surface area contributed by atoms with Gasteiger partial charge in [-0.05, 0) is 67.1 Å². The van der Waals surface area contributed by atoms with Crippen molar-refractivity contribution in [3.8, 4) is 0 Å². The molecule has 0 aromatic heterocycles. The third-order valence-corrected chi connectivity index (χ3v) is 6.83. The zero-order valence-corrected chi connectivity index (χ0v) is 19.2. The highest BCUT2D eigenvalue weighted by atomic mass is 32.2. The molecule has 0 unspecified atom stereocenters. The summed E-state index contributed by atoms with van der Waals surface area (Å²) in [5.41, 5.74) is 2.87. The summed E-state index contributed by atoms with van der Waals surface area (Å²) in [5, 5.41) is 9.93. The molecule has 2 aromatic rings. The fraction of sp³-hybridized carbons (Fsp3) is 0.435. The van der Waals surface area contributed by atoms with E-state index in [4.69, 9.17) is 0 Å². The average Bonchev–Trinajstić information content (AvgIpc) is 2.68. The maximum atomic E-state index is 13.0. The lowest BCUT2D eigenvalue weighted by Crippen LogP contribution is -2.32. The minimum Gasteiger partial charge on any atom is -0.464 e. The number of carbonyl (C=O) groups is 1. The van der Waals surface area contributed by atoms with E-state index >= 15 is 0 Å². The first-order valence-electron chi connectivity index (χ1n) is 10.4. The van der Waals surface area contributed by atoms with Crippen LogP contribution in [0.1, 0.15) is 57.6 Å². The van der Waals surface area contributed by atoms with Crippen molar-refractivity contribution in [2.45, 2.75) is 58.3 Å². The van der Waals surface area contributed by atoms with Gasteiger partial charge < -0.3 is 5.11 Å². The quantitative estimate of drug-likeness (QED) is 0.548. The molecule has 0 aliphatic carbocycles. The van der Waals surface area contributed by atoms with Crippen LogP contribution in [0.25, 0.3) is 0 Å². The summed E-state index contributed by atoms with van der Waals surface area (Å²) >= 11 is 0. The van der Waals surface area contributed by atoms with E-state index in [0.29, 0.717) is 24.5 Å². The van der Waals surface area contributed by atoms with Crippen LogP contribution in [0.4, 0.5) is 16.2 Å². The zero-order chi connectivity index (χ0) is 22.5. The number of sulfonamides is 1. The second-order valence-electron chi connectivity index (χ2n) is 7.73. The third-order valence-electron chi connectivity index (χ3n) is 4.92. The summed E-state index contributed by atoms with van der Waals surface area (Å²) in [6, 6.07) is 11.8. The number of carboxylic acid groups (broad SMARTS) is 1. The van der Waals surface area contributed by atoms with Gasteiger partial charge in [0.15, 0.2) is 0 Å². The highest BCUT2D eigenvalue weighted by Crippen LogP contribution is 2.34. The van der Waals surface area contributed by atoms with E-state index in [0.717, 1.165) is 24.0 Å². The van der Waals surface area contributed by atoms with Gasteiger partial charge in [-0.3, -0.25) is 0 Å². The maximum absolute atomic E-state index is 13.0. The summed E-state index contributed by atoms with van der Waals surface area (Å²) in [4.78, 5) is 13.5. The molecule has 0 heterocycles. The molecule has 2 rings (SSSR count). The predicted octanol–water partition coefficient (Wildman–Crippen LogP) is 5.75. The Balaban J connectivity index is 2.49. The average molecular weight is 433 g/mol. The molecule has 0 radical (unpaired) electrons. The molecular formula is C23H32N2O4S. The topological polar surface area (TPSA) is 77.9 Å². The molecule has 0 bridgehead atoms. The van der Waals surface area contributed by atoms with Crippen LogP contribution in [0.15, 0.2) is 47.4 Å². The van der Waals surface area contributed by atoms with Crippen molar-refractivity contribution in [2.24, 2.45) is 0 Å². The molecule has 0 aliphatic heterocycles. The SMILES string of the molecule is CCCN(CCC)S(=O)(=O)c1ccc(N(C(=O)O)c2cc(C)ccc2C(C)C)cc1. The van der Waals surface area contributed by atoms with E-state index in [2.05, 4.69) is 0 Å². The molecular weight excluding hydrogens is 400 g/mol. The number of nitrogens with zero attached hydrogens (tertiary/aromatic N) is 2. The molecule has 0 saturated heterocycles. The Hall–Kier alpha value is -2.38. The lowest BCUT2D eigenvalue weighted by atomic mass is 9.98. The molecule has 1 amide bonds. The fourth-order valence-electron chi connectivity index (χ4n) is 3.46. The van der Waals surface area contributed by atoms with Crippen molar-refractivity contribution in [1.82, 2.24) is 4.31 Å². The van der Waals surface area contributed by atoms with E-state index in [1.807, 2.05) is 52.8 Å². The molecule has 6 nitrogen and oxygen atoms in total. The number of aryl methyl sites for hydroxylation is 1. The normalized spacial score (nSPS) is 11.8. The molecule has 0 fully saturated rings. The number of anilines is 2. The van der Waals surface area contributed by atoms with Gasteiger partial charge >= 0.3 is 6.09 Å². The summed E-state index contributed by atoms with van der Waals surface area (Å²) in [5.74, 6) is 0.138. The lowest BCUT2D eigenvalue weighted by molar-refractivity contribution is 0.204. The summed E-state index contributed by atoms with van der Waals surface area (Å²) in [7, 11) is -3.61. The van der Waals surface area contributed by atoms with Gasteiger partial charge in [0, 0.05) is 13.1 Å². The summed E-state index contributed by atoms with van der Waals surface area (Å²) in [6.45, 7) is 10.7. The van der Waals surface area contributed by atoms with E-state index in [9.17, 15) is 18.3 Å². The van der Waals surface area contributed by atoms with Crippen LogP contribution in [0, 0.1) is 6.92 Å². The van der Waals surface area contributed by atoms with Gasteiger partial charge in [0.05, 0.1) is 16.3 Å². The lowest BCUT2D eigenvalue weighted by Gasteiger charge is -2.25. The zero-order valence-electron chi connectivity index (χ0n) is 18.4. The number of hydrogen-bond acceptors (Lipinski definition) is 3. The van der Waals surface area contributed by atoms with Crippen LogP contribution in [-0.2, 0) is 10.0 Å². The molecule has 0 saturated carbocycles. The van der Waals surface area contributed by atoms with Crippen molar-refractivity contribution in [3.05, 3.63) is 53.6 Å².